The van der Waals surface area contributed by atoms with E-state index >= 15 is 0 Å². The molecule has 0 aliphatic carbocycles. The van der Waals surface area contributed by atoms with Gasteiger partial charge in [0.25, 0.3) is 0 Å². The van der Waals surface area contributed by atoms with Gasteiger partial charge >= 0.3 is 5.63 Å². The predicted octanol–water partition coefficient (Wildman–Crippen LogP) is 2.32. The van der Waals surface area contributed by atoms with E-state index in [-0.39, 0.29) is 24.1 Å². The normalized spacial score (nSPS) is 16.7. The Balaban J connectivity index is 1.67. The molecule has 2 heterocycles. The van der Waals surface area contributed by atoms with Crippen LogP contribution in [0, 0.1) is 12.7 Å². The lowest BCUT2D eigenvalue weighted by Gasteiger charge is -2.31. The summed E-state index contributed by atoms with van der Waals surface area (Å²) in [4.78, 5) is 11.0. The van der Waals surface area contributed by atoms with E-state index in [4.69, 9.17) is 9.15 Å². The summed E-state index contributed by atoms with van der Waals surface area (Å²) in [5, 5.41) is 0. The minimum Gasteiger partial charge on any atom is -0.490 e. The lowest BCUT2D eigenvalue weighted by atomic mass is 10.1. The fraction of sp³-hybridized carbons (Fsp3) is 0.353. The Kier molecular flexibility index (Phi) is 4.91. The molecule has 134 valence electrons. The van der Waals surface area contributed by atoms with Crippen molar-refractivity contribution >= 4 is 10.0 Å². The van der Waals surface area contributed by atoms with Crippen molar-refractivity contribution in [2.45, 2.75) is 30.8 Å². The number of hydrogen-bond donors (Lipinski definition) is 0. The van der Waals surface area contributed by atoms with E-state index in [1.807, 2.05) is 0 Å². The third kappa shape index (κ3) is 3.91. The van der Waals surface area contributed by atoms with E-state index in [1.54, 1.807) is 13.0 Å². The SMILES string of the molecule is Cc1cc(OC2CCN(S(=O)(=O)c3ccccc3F)CC2)cc(=O)o1. The van der Waals surface area contributed by atoms with Crippen molar-refractivity contribution in [3.63, 3.8) is 0 Å². The van der Waals surface area contributed by atoms with Gasteiger partial charge in [0.1, 0.15) is 28.3 Å². The molecule has 0 spiro atoms. The minimum absolute atomic E-state index is 0.215. The van der Waals surface area contributed by atoms with Crippen molar-refractivity contribution in [3.8, 4) is 5.75 Å². The van der Waals surface area contributed by atoms with E-state index in [0.29, 0.717) is 24.4 Å². The Morgan fingerprint density at radius 1 is 1.20 bits per heavy atom. The third-order valence-corrected chi connectivity index (χ3v) is 5.96. The van der Waals surface area contributed by atoms with Crippen LogP contribution in [0.4, 0.5) is 4.39 Å². The summed E-state index contributed by atoms with van der Waals surface area (Å²) in [5.41, 5.74) is -0.491. The smallest absolute Gasteiger partial charge is 0.339 e. The number of ether oxygens (including phenoxy) is 1. The zero-order valence-electron chi connectivity index (χ0n) is 13.6. The molecule has 0 bridgehead atoms. The molecule has 1 aliphatic rings. The van der Waals surface area contributed by atoms with Crippen LogP contribution in [0.5, 0.6) is 5.75 Å². The molecule has 0 saturated carbocycles. The summed E-state index contributed by atoms with van der Waals surface area (Å²) in [6, 6.07) is 8.21. The molecular weight excluding hydrogens is 349 g/mol. The van der Waals surface area contributed by atoms with Gasteiger partial charge in [-0.25, -0.2) is 17.6 Å². The maximum atomic E-state index is 13.8. The molecule has 0 amide bonds. The highest BCUT2D eigenvalue weighted by molar-refractivity contribution is 7.89. The second-order valence-corrected chi connectivity index (χ2v) is 7.78. The van der Waals surface area contributed by atoms with Crippen LogP contribution in [-0.2, 0) is 10.0 Å². The van der Waals surface area contributed by atoms with Crippen LogP contribution in [0.25, 0.3) is 0 Å². The van der Waals surface area contributed by atoms with E-state index in [2.05, 4.69) is 0 Å². The Labute approximate surface area is 144 Å². The standard InChI is InChI=1S/C17H18FNO5S/c1-12-10-14(11-17(20)23-12)24-13-6-8-19(9-7-13)25(21,22)16-5-3-2-4-15(16)18/h2-5,10-11,13H,6-9H2,1H3. The monoisotopic (exact) mass is 367 g/mol. The summed E-state index contributed by atoms with van der Waals surface area (Å²) in [7, 11) is -3.86. The quantitative estimate of drug-likeness (QED) is 0.829. The van der Waals surface area contributed by atoms with Gasteiger partial charge in [0.2, 0.25) is 10.0 Å². The molecule has 8 heteroatoms. The first-order valence-electron chi connectivity index (χ1n) is 7.89. The van der Waals surface area contributed by atoms with Crippen LogP contribution in [0.1, 0.15) is 18.6 Å². The first-order valence-corrected chi connectivity index (χ1v) is 9.33. The maximum absolute atomic E-state index is 13.8. The predicted molar refractivity (Wildman–Crippen MR) is 88.5 cm³/mol. The number of benzene rings is 1. The van der Waals surface area contributed by atoms with Crippen molar-refractivity contribution in [1.29, 1.82) is 0 Å². The molecule has 25 heavy (non-hydrogen) atoms. The van der Waals surface area contributed by atoms with Crippen molar-refractivity contribution in [2.24, 2.45) is 0 Å². The Bertz CT molecular complexity index is 917. The van der Waals surface area contributed by atoms with Gasteiger partial charge in [0.05, 0.1) is 6.07 Å². The highest BCUT2D eigenvalue weighted by atomic mass is 32.2. The minimum atomic E-state index is -3.86. The molecule has 2 aromatic rings. The van der Waals surface area contributed by atoms with Crippen molar-refractivity contribution in [1.82, 2.24) is 4.31 Å². The number of piperidine rings is 1. The number of halogens is 1. The zero-order valence-corrected chi connectivity index (χ0v) is 14.5. The molecule has 0 radical (unpaired) electrons. The lowest BCUT2D eigenvalue weighted by Crippen LogP contribution is -2.42. The number of aryl methyl sites for hydroxylation is 1. The summed E-state index contributed by atoms with van der Waals surface area (Å²) < 4.78 is 50.8. The van der Waals surface area contributed by atoms with E-state index in [9.17, 15) is 17.6 Å². The molecule has 1 aromatic heterocycles. The molecule has 3 rings (SSSR count). The van der Waals surface area contributed by atoms with Crippen molar-refractivity contribution < 1.29 is 22.0 Å². The lowest BCUT2D eigenvalue weighted by molar-refractivity contribution is 0.134. The summed E-state index contributed by atoms with van der Waals surface area (Å²) in [6.45, 7) is 2.10. The third-order valence-electron chi connectivity index (χ3n) is 4.03. The average molecular weight is 367 g/mol. The van der Waals surface area contributed by atoms with E-state index < -0.39 is 21.5 Å². The fourth-order valence-corrected chi connectivity index (χ4v) is 4.35. The maximum Gasteiger partial charge on any atom is 0.339 e. The van der Waals surface area contributed by atoms with Crippen LogP contribution in [-0.4, -0.2) is 31.9 Å². The molecule has 0 unspecified atom stereocenters. The molecule has 0 N–H and O–H groups in total. The van der Waals surface area contributed by atoms with Gasteiger partial charge in [-0.15, -0.1) is 0 Å². The molecule has 1 aromatic carbocycles. The first kappa shape index (κ1) is 17.6. The highest BCUT2D eigenvalue weighted by Gasteiger charge is 2.31. The van der Waals surface area contributed by atoms with Crippen LogP contribution in [0.3, 0.4) is 0 Å². The molecule has 1 fully saturated rings. The molecule has 1 saturated heterocycles. The van der Waals surface area contributed by atoms with Gasteiger partial charge in [0, 0.05) is 19.2 Å². The highest BCUT2D eigenvalue weighted by Crippen LogP contribution is 2.25. The van der Waals surface area contributed by atoms with Gasteiger partial charge in [-0.3, -0.25) is 0 Å². The second kappa shape index (κ2) is 6.97. The molecule has 0 atom stereocenters. The Morgan fingerprint density at radius 3 is 2.52 bits per heavy atom. The number of sulfonamides is 1. The first-order chi connectivity index (χ1) is 11.9. The van der Waals surface area contributed by atoms with Gasteiger partial charge in [-0.1, -0.05) is 12.1 Å². The van der Waals surface area contributed by atoms with Gasteiger partial charge in [-0.05, 0) is 31.9 Å². The number of hydrogen-bond acceptors (Lipinski definition) is 5. The van der Waals surface area contributed by atoms with Crippen molar-refractivity contribution in [2.75, 3.05) is 13.1 Å². The van der Waals surface area contributed by atoms with Crippen LogP contribution in [0.2, 0.25) is 0 Å². The second-order valence-electron chi connectivity index (χ2n) is 5.87. The number of nitrogens with zero attached hydrogens (tertiary/aromatic N) is 1. The molecular formula is C17H18FNO5S. The number of rotatable bonds is 4. The van der Waals surface area contributed by atoms with Crippen LogP contribution in [0.15, 0.2) is 50.5 Å². The Hall–Kier alpha value is -2.19. The Morgan fingerprint density at radius 2 is 1.88 bits per heavy atom. The van der Waals surface area contributed by atoms with Gasteiger partial charge < -0.3 is 9.15 Å². The topological polar surface area (TPSA) is 76.8 Å². The van der Waals surface area contributed by atoms with E-state index in [0.717, 1.165) is 6.07 Å². The average Bonchev–Trinajstić information content (AvgIpc) is 2.54. The fourth-order valence-electron chi connectivity index (χ4n) is 2.82. The van der Waals surface area contributed by atoms with Gasteiger partial charge in [0.15, 0.2) is 0 Å². The molecule has 1 aliphatic heterocycles. The summed E-state index contributed by atoms with van der Waals surface area (Å²) in [6.07, 6.45) is 0.688. The van der Waals surface area contributed by atoms with Crippen LogP contribution < -0.4 is 10.4 Å². The zero-order chi connectivity index (χ0) is 18.0. The van der Waals surface area contributed by atoms with Crippen LogP contribution >= 0.6 is 0 Å². The van der Waals surface area contributed by atoms with E-state index in [1.165, 1.54) is 28.6 Å². The molecule has 6 nitrogen and oxygen atoms in total. The largest absolute Gasteiger partial charge is 0.490 e. The summed E-state index contributed by atoms with van der Waals surface area (Å²) >= 11 is 0. The van der Waals surface area contributed by atoms with Crippen molar-refractivity contribution in [3.05, 3.63) is 58.4 Å². The summed E-state index contributed by atoms with van der Waals surface area (Å²) in [5.74, 6) is 0.0959. The van der Waals surface area contributed by atoms with Gasteiger partial charge in [-0.2, -0.15) is 4.31 Å².